The van der Waals surface area contributed by atoms with Crippen LogP contribution in [0, 0.1) is 6.92 Å². The molecule has 2 N–H and O–H groups in total. The molecule has 0 saturated carbocycles. The molecule has 4 heterocycles. The van der Waals surface area contributed by atoms with Crippen LogP contribution in [0.25, 0.3) is 11.1 Å². The number of amides is 1. The molecule has 0 aliphatic carbocycles. The number of morpholine rings is 1. The van der Waals surface area contributed by atoms with Gasteiger partial charge in [0.05, 0.1) is 18.8 Å². The lowest BCUT2D eigenvalue weighted by Crippen LogP contribution is -2.42. The predicted molar refractivity (Wildman–Crippen MR) is 129 cm³/mol. The number of hydrogen-bond donors (Lipinski definition) is 1. The molecule has 1 saturated heterocycles. The predicted octanol–water partition coefficient (Wildman–Crippen LogP) is 3.63. The van der Waals surface area contributed by atoms with Crippen LogP contribution >= 0.6 is 0 Å². The van der Waals surface area contributed by atoms with Crippen molar-refractivity contribution >= 4 is 17.4 Å². The van der Waals surface area contributed by atoms with Crippen molar-refractivity contribution in [1.82, 2.24) is 14.9 Å². The third-order valence-electron chi connectivity index (χ3n) is 6.45. The van der Waals surface area contributed by atoms with E-state index >= 15 is 0 Å². The first-order valence-corrected chi connectivity index (χ1v) is 11.4. The first-order valence-electron chi connectivity index (χ1n) is 11.4. The van der Waals surface area contributed by atoms with Crippen molar-refractivity contribution in [3.05, 3.63) is 71.2 Å². The van der Waals surface area contributed by atoms with Crippen LogP contribution in [0.3, 0.4) is 0 Å². The molecule has 2 aromatic heterocycles. The number of nitrogens with two attached hydrogens (primary N) is 1. The summed E-state index contributed by atoms with van der Waals surface area (Å²) >= 11 is 0. The van der Waals surface area contributed by atoms with Crippen LogP contribution in [0.4, 0.5) is 11.5 Å². The van der Waals surface area contributed by atoms with E-state index in [0.717, 1.165) is 47.5 Å². The molecule has 3 aromatic rings. The Balaban J connectivity index is 1.37. The summed E-state index contributed by atoms with van der Waals surface area (Å²) in [6, 6.07) is 13.9. The lowest BCUT2D eigenvalue weighted by atomic mass is 9.99. The Labute approximate surface area is 194 Å². The van der Waals surface area contributed by atoms with Gasteiger partial charge >= 0.3 is 0 Å². The molecule has 0 bridgehead atoms. The minimum atomic E-state index is -0.271. The van der Waals surface area contributed by atoms with Crippen LogP contribution in [0.2, 0.25) is 0 Å². The minimum Gasteiger partial charge on any atom is -0.384 e. The number of anilines is 2. The summed E-state index contributed by atoms with van der Waals surface area (Å²) in [6.45, 7) is 4.56. The third-order valence-corrected chi connectivity index (χ3v) is 6.45. The number of rotatable bonds is 3. The number of fused-ring (bicyclic) bond motifs is 1. The Morgan fingerprint density at radius 1 is 1.12 bits per heavy atom. The molecule has 170 valence electrons. The number of aromatic nitrogens is 2. The van der Waals surface area contributed by atoms with E-state index < -0.39 is 0 Å². The van der Waals surface area contributed by atoms with Gasteiger partial charge in [-0.15, -0.1) is 0 Å². The van der Waals surface area contributed by atoms with Gasteiger partial charge in [0.15, 0.2) is 0 Å². The number of ether oxygens (including phenoxy) is 1. The molecule has 1 aromatic carbocycles. The van der Waals surface area contributed by atoms with Crippen molar-refractivity contribution < 1.29 is 9.53 Å². The largest absolute Gasteiger partial charge is 0.384 e. The van der Waals surface area contributed by atoms with Gasteiger partial charge < -0.3 is 20.3 Å². The van der Waals surface area contributed by atoms with E-state index in [9.17, 15) is 4.79 Å². The van der Waals surface area contributed by atoms with Crippen molar-refractivity contribution in [2.24, 2.45) is 0 Å². The highest BCUT2D eigenvalue weighted by molar-refractivity contribution is 5.95. The maximum absolute atomic E-state index is 13.3. The van der Waals surface area contributed by atoms with E-state index in [-0.39, 0.29) is 12.0 Å². The van der Waals surface area contributed by atoms with Crippen LogP contribution in [0.5, 0.6) is 0 Å². The Bertz CT molecular complexity index is 1180. The molecule has 7 nitrogen and oxygen atoms in total. The van der Waals surface area contributed by atoms with Crippen molar-refractivity contribution in [2.75, 3.05) is 43.9 Å². The number of hydrogen-bond acceptors (Lipinski definition) is 6. The molecular formula is C26H29N5O2. The zero-order valence-corrected chi connectivity index (χ0v) is 19.1. The van der Waals surface area contributed by atoms with Gasteiger partial charge in [-0.25, -0.2) is 4.98 Å². The maximum Gasteiger partial charge on any atom is 0.254 e. The van der Waals surface area contributed by atoms with Gasteiger partial charge in [-0.1, -0.05) is 0 Å². The highest BCUT2D eigenvalue weighted by Crippen LogP contribution is 2.30. The standard InChI is InChI=1S/C26H29N5O2/c1-17-12-21(20-6-8-25(27)28-15-20)14-22(29-17)24-16-31(10-11-33-24)26(32)19-5-7-23-18(13-19)4-3-9-30(23)2/h5-8,12-15,24H,3-4,9-11,16H2,1-2H3,(H2,27,28)/t24-/m1/s1. The molecule has 0 radical (unpaired) electrons. The molecular weight excluding hydrogens is 414 g/mol. The average Bonchev–Trinajstić information content (AvgIpc) is 2.83. The summed E-state index contributed by atoms with van der Waals surface area (Å²) < 4.78 is 6.05. The molecule has 1 amide bonds. The van der Waals surface area contributed by atoms with E-state index in [1.807, 2.05) is 36.1 Å². The minimum absolute atomic E-state index is 0.0509. The SMILES string of the molecule is Cc1cc(-c2ccc(N)nc2)cc([C@H]2CN(C(=O)c3ccc4c(c3)CCCN4C)CCO2)n1. The molecule has 2 aliphatic rings. The fourth-order valence-corrected chi connectivity index (χ4v) is 4.72. The van der Waals surface area contributed by atoms with Crippen LogP contribution in [0.15, 0.2) is 48.7 Å². The van der Waals surface area contributed by atoms with Crippen LogP contribution < -0.4 is 10.6 Å². The molecule has 2 aliphatic heterocycles. The summed E-state index contributed by atoms with van der Waals surface area (Å²) in [7, 11) is 2.11. The lowest BCUT2D eigenvalue weighted by molar-refractivity contribution is -0.0247. The molecule has 7 heteroatoms. The fourth-order valence-electron chi connectivity index (χ4n) is 4.72. The van der Waals surface area contributed by atoms with Gasteiger partial charge in [0.2, 0.25) is 0 Å². The summed E-state index contributed by atoms with van der Waals surface area (Å²) in [4.78, 5) is 26.4. The smallest absolute Gasteiger partial charge is 0.254 e. The maximum atomic E-state index is 13.3. The van der Waals surface area contributed by atoms with E-state index in [1.165, 1.54) is 11.3 Å². The molecule has 0 spiro atoms. The molecule has 5 rings (SSSR count). The second-order valence-electron chi connectivity index (χ2n) is 8.87. The van der Waals surface area contributed by atoms with Gasteiger partial charge in [0.25, 0.3) is 5.91 Å². The second kappa shape index (κ2) is 8.83. The number of nitrogens with zero attached hydrogens (tertiary/aromatic N) is 4. The lowest BCUT2D eigenvalue weighted by Gasteiger charge is -2.33. The van der Waals surface area contributed by atoms with Crippen LogP contribution in [-0.2, 0) is 11.2 Å². The Hall–Kier alpha value is -3.45. The fraction of sp³-hybridized carbons (Fsp3) is 0.346. The number of benzene rings is 1. The van der Waals surface area contributed by atoms with Gasteiger partial charge in [-0.05, 0) is 73.4 Å². The first-order chi connectivity index (χ1) is 16.0. The quantitative estimate of drug-likeness (QED) is 0.665. The van der Waals surface area contributed by atoms with Gasteiger partial charge in [0.1, 0.15) is 11.9 Å². The van der Waals surface area contributed by atoms with Crippen molar-refractivity contribution in [3.8, 4) is 11.1 Å². The van der Waals surface area contributed by atoms with Crippen molar-refractivity contribution in [1.29, 1.82) is 0 Å². The normalized spacial score (nSPS) is 18.2. The molecule has 0 unspecified atom stereocenters. The van der Waals surface area contributed by atoms with E-state index in [2.05, 4.69) is 29.1 Å². The number of carbonyl (C=O) groups is 1. The highest BCUT2D eigenvalue weighted by atomic mass is 16.5. The molecule has 33 heavy (non-hydrogen) atoms. The number of carbonyl (C=O) groups excluding carboxylic acids is 1. The average molecular weight is 444 g/mol. The Kier molecular flexibility index (Phi) is 5.72. The van der Waals surface area contributed by atoms with Crippen molar-refractivity contribution in [3.63, 3.8) is 0 Å². The number of pyridine rings is 2. The van der Waals surface area contributed by atoms with Gasteiger partial charge in [-0.3, -0.25) is 9.78 Å². The summed E-state index contributed by atoms with van der Waals surface area (Å²) in [5.41, 5.74) is 12.7. The molecule has 1 atom stereocenters. The highest BCUT2D eigenvalue weighted by Gasteiger charge is 2.28. The third kappa shape index (κ3) is 4.41. The monoisotopic (exact) mass is 443 g/mol. The topological polar surface area (TPSA) is 84.6 Å². The summed E-state index contributed by atoms with van der Waals surface area (Å²) in [5, 5.41) is 0. The number of nitrogen functional groups attached to an aromatic ring is 1. The van der Waals surface area contributed by atoms with Crippen LogP contribution in [-0.4, -0.2) is 54.1 Å². The van der Waals surface area contributed by atoms with E-state index in [1.54, 1.807) is 12.3 Å². The van der Waals surface area contributed by atoms with Crippen molar-refractivity contribution in [2.45, 2.75) is 25.9 Å². The Morgan fingerprint density at radius 2 is 2.00 bits per heavy atom. The summed E-state index contributed by atoms with van der Waals surface area (Å²) in [6.07, 6.45) is 3.62. The number of aryl methyl sites for hydroxylation is 2. The molecule has 1 fully saturated rings. The van der Waals surface area contributed by atoms with E-state index in [4.69, 9.17) is 15.5 Å². The second-order valence-corrected chi connectivity index (χ2v) is 8.87. The zero-order valence-electron chi connectivity index (χ0n) is 19.1. The Morgan fingerprint density at radius 3 is 2.82 bits per heavy atom. The zero-order chi connectivity index (χ0) is 22.9. The van der Waals surface area contributed by atoms with Crippen LogP contribution in [0.1, 0.15) is 39.8 Å². The van der Waals surface area contributed by atoms with Gasteiger partial charge in [0, 0.05) is 48.8 Å². The van der Waals surface area contributed by atoms with Gasteiger partial charge in [-0.2, -0.15) is 0 Å². The summed E-state index contributed by atoms with van der Waals surface area (Å²) in [5.74, 6) is 0.540. The first kappa shape index (κ1) is 21.4. The van der Waals surface area contributed by atoms with E-state index in [0.29, 0.717) is 25.5 Å².